The standard InChI is InChI=1S/C13H21NO3.ClH/c1-13(2,3)12(14)11-9(16-4)6-8(15)7-10(11)17-5;/h6-7,12,15H,14H2,1-5H3;1H/t12-;/m0./s1. The molecular formula is C13H22ClNO3. The fourth-order valence-corrected chi connectivity index (χ4v) is 1.66. The number of methoxy groups -OCH3 is 2. The molecule has 0 heterocycles. The molecule has 0 amide bonds. The minimum atomic E-state index is -0.243. The molecule has 0 saturated heterocycles. The van der Waals surface area contributed by atoms with Crippen LogP contribution < -0.4 is 15.2 Å². The molecule has 4 nitrogen and oxygen atoms in total. The first-order chi connectivity index (χ1) is 7.81. The van der Waals surface area contributed by atoms with Crippen LogP contribution in [0.5, 0.6) is 17.2 Å². The lowest BCUT2D eigenvalue weighted by atomic mass is 9.82. The zero-order valence-electron chi connectivity index (χ0n) is 11.5. The maximum atomic E-state index is 9.56. The van der Waals surface area contributed by atoms with Crippen LogP contribution in [-0.2, 0) is 0 Å². The van der Waals surface area contributed by atoms with Crippen LogP contribution in [0.15, 0.2) is 12.1 Å². The fourth-order valence-electron chi connectivity index (χ4n) is 1.66. The van der Waals surface area contributed by atoms with Crippen LogP contribution in [0.1, 0.15) is 32.4 Å². The van der Waals surface area contributed by atoms with Crippen LogP contribution in [0.2, 0.25) is 0 Å². The molecule has 0 radical (unpaired) electrons. The van der Waals surface area contributed by atoms with Crippen LogP contribution in [-0.4, -0.2) is 19.3 Å². The van der Waals surface area contributed by atoms with Gasteiger partial charge in [-0.15, -0.1) is 12.4 Å². The van der Waals surface area contributed by atoms with Gasteiger partial charge in [0.25, 0.3) is 0 Å². The number of hydrogen-bond donors (Lipinski definition) is 2. The SMILES string of the molecule is COc1cc(O)cc(OC)c1[C@H](N)C(C)(C)C.Cl. The van der Waals surface area contributed by atoms with E-state index in [4.69, 9.17) is 15.2 Å². The number of aromatic hydroxyl groups is 1. The maximum Gasteiger partial charge on any atom is 0.131 e. The first-order valence-corrected chi connectivity index (χ1v) is 5.51. The van der Waals surface area contributed by atoms with Gasteiger partial charge in [0.1, 0.15) is 17.2 Å². The second kappa shape index (κ2) is 6.16. The molecule has 18 heavy (non-hydrogen) atoms. The molecule has 3 N–H and O–H groups in total. The molecule has 1 aromatic carbocycles. The summed E-state index contributed by atoms with van der Waals surface area (Å²) in [5.74, 6) is 1.19. The van der Waals surface area contributed by atoms with Crippen molar-refractivity contribution in [1.29, 1.82) is 0 Å². The molecule has 1 atom stereocenters. The molecule has 0 unspecified atom stereocenters. The van der Waals surface area contributed by atoms with Gasteiger partial charge >= 0.3 is 0 Å². The van der Waals surface area contributed by atoms with Gasteiger partial charge in [-0.1, -0.05) is 20.8 Å². The lowest BCUT2D eigenvalue weighted by Crippen LogP contribution is -2.27. The molecule has 0 aliphatic rings. The first kappa shape index (κ1) is 16.9. The average Bonchev–Trinajstić information content (AvgIpc) is 2.25. The van der Waals surface area contributed by atoms with Crippen molar-refractivity contribution in [3.63, 3.8) is 0 Å². The summed E-state index contributed by atoms with van der Waals surface area (Å²) >= 11 is 0. The normalized spacial score (nSPS) is 12.6. The number of ether oxygens (including phenoxy) is 2. The molecule has 0 aliphatic heterocycles. The average molecular weight is 276 g/mol. The molecular weight excluding hydrogens is 254 g/mol. The Balaban J connectivity index is 0.00000289. The molecule has 0 bridgehead atoms. The highest BCUT2D eigenvalue weighted by Crippen LogP contribution is 2.43. The van der Waals surface area contributed by atoms with Gasteiger partial charge in [-0.25, -0.2) is 0 Å². The van der Waals surface area contributed by atoms with Gasteiger partial charge in [0.05, 0.1) is 19.8 Å². The Kier molecular flexibility index (Phi) is 5.77. The molecule has 0 aromatic heterocycles. The number of phenols is 1. The van der Waals surface area contributed by atoms with Crippen molar-refractivity contribution in [2.45, 2.75) is 26.8 Å². The molecule has 0 saturated carbocycles. The maximum absolute atomic E-state index is 9.56. The van der Waals surface area contributed by atoms with Crippen molar-refractivity contribution in [2.75, 3.05) is 14.2 Å². The summed E-state index contributed by atoms with van der Waals surface area (Å²) in [4.78, 5) is 0. The topological polar surface area (TPSA) is 64.7 Å². The molecule has 0 fully saturated rings. The van der Waals surface area contributed by atoms with Crippen molar-refractivity contribution < 1.29 is 14.6 Å². The quantitative estimate of drug-likeness (QED) is 0.890. The van der Waals surface area contributed by atoms with Crippen LogP contribution in [0.3, 0.4) is 0 Å². The molecule has 5 heteroatoms. The number of halogens is 1. The molecule has 104 valence electrons. The summed E-state index contributed by atoms with van der Waals surface area (Å²) in [6.45, 7) is 6.14. The Morgan fingerprint density at radius 2 is 1.50 bits per heavy atom. The zero-order valence-corrected chi connectivity index (χ0v) is 12.3. The van der Waals surface area contributed by atoms with E-state index < -0.39 is 0 Å². The van der Waals surface area contributed by atoms with Crippen LogP contribution >= 0.6 is 12.4 Å². The Morgan fingerprint density at radius 3 is 1.78 bits per heavy atom. The van der Waals surface area contributed by atoms with Crippen LogP contribution in [0, 0.1) is 5.41 Å². The number of hydrogen-bond acceptors (Lipinski definition) is 4. The summed E-state index contributed by atoms with van der Waals surface area (Å²) in [6, 6.07) is 2.85. The van der Waals surface area contributed by atoms with E-state index in [2.05, 4.69) is 0 Å². The monoisotopic (exact) mass is 275 g/mol. The zero-order chi connectivity index (χ0) is 13.2. The van der Waals surface area contributed by atoms with Crippen molar-refractivity contribution >= 4 is 12.4 Å². The van der Waals surface area contributed by atoms with E-state index in [1.807, 2.05) is 20.8 Å². The highest BCUT2D eigenvalue weighted by molar-refractivity contribution is 5.85. The third-order valence-corrected chi connectivity index (χ3v) is 2.77. The lowest BCUT2D eigenvalue weighted by Gasteiger charge is -2.29. The van der Waals surface area contributed by atoms with Gasteiger partial charge < -0.3 is 20.3 Å². The van der Waals surface area contributed by atoms with E-state index in [0.717, 1.165) is 5.56 Å². The predicted molar refractivity (Wildman–Crippen MR) is 74.8 cm³/mol. The molecule has 0 spiro atoms. The van der Waals surface area contributed by atoms with Crippen LogP contribution in [0.4, 0.5) is 0 Å². The van der Waals surface area contributed by atoms with Crippen molar-refractivity contribution in [1.82, 2.24) is 0 Å². The highest BCUT2D eigenvalue weighted by Gasteiger charge is 2.28. The Hall–Kier alpha value is -1.13. The highest BCUT2D eigenvalue weighted by atomic mass is 35.5. The van der Waals surface area contributed by atoms with E-state index >= 15 is 0 Å². The van der Waals surface area contributed by atoms with E-state index in [1.165, 1.54) is 0 Å². The van der Waals surface area contributed by atoms with E-state index in [-0.39, 0.29) is 29.6 Å². The number of nitrogens with two attached hydrogens (primary N) is 1. The fraction of sp³-hybridized carbons (Fsp3) is 0.538. The third-order valence-electron chi connectivity index (χ3n) is 2.77. The first-order valence-electron chi connectivity index (χ1n) is 5.51. The summed E-state index contributed by atoms with van der Waals surface area (Å²) in [7, 11) is 3.10. The third kappa shape index (κ3) is 3.43. The molecule has 1 rings (SSSR count). The van der Waals surface area contributed by atoms with E-state index in [9.17, 15) is 5.11 Å². The number of benzene rings is 1. The van der Waals surface area contributed by atoms with Crippen molar-refractivity contribution in [2.24, 2.45) is 11.1 Å². The van der Waals surface area contributed by atoms with E-state index in [0.29, 0.717) is 11.5 Å². The van der Waals surface area contributed by atoms with Gasteiger partial charge in [0.2, 0.25) is 0 Å². The van der Waals surface area contributed by atoms with Crippen molar-refractivity contribution in [3.05, 3.63) is 17.7 Å². The van der Waals surface area contributed by atoms with Gasteiger partial charge in [-0.2, -0.15) is 0 Å². The van der Waals surface area contributed by atoms with Crippen molar-refractivity contribution in [3.8, 4) is 17.2 Å². The van der Waals surface area contributed by atoms with Gasteiger partial charge in [-0.3, -0.25) is 0 Å². The summed E-state index contributed by atoms with van der Waals surface area (Å²) < 4.78 is 10.5. The minimum Gasteiger partial charge on any atom is -0.508 e. The second-order valence-electron chi connectivity index (χ2n) is 5.11. The Bertz CT molecular complexity index is 377. The second-order valence-corrected chi connectivity index (χ2v) is 5.11. The number of rotatable bonds is 3. The minimum absolute atomic E-state index is 0. The lowest BCUT2D eigenvalue weighted by molar-refractivity contribution is 0.299. The smallest absolute Gasteiger partial charge is 0.131 e. The summed E-state index contributed by atoms with van der Waals surface area (Å²) in [6.07, 6.45) is 0. The van der Waals surface area contributed by atoms with Gasteiger partial charge in [0, 0.05) is 18.2 Å². The summed E-state index contributed by atoms with van der Waals surface area (Å²) in [5.41, 5.74) is 6.88. The molecule has 0 aliphatic carbocycles. The number of phenolic OH excluding ortho intramolecular Hbond substituents is 1. The predicted octanol–water partition coefficient (Wildman–Crippen LogP) is 2.88. The van der Waals surface area contributed by atoms with Gasteiger partial charge in [0.15, 0.2) is 0 Å². The molecule has 1 aromatic rings. The van der Waals surface area contributed by atoms with E-state index in [1.54, 1.807) is 26.4 Å². The Labute approximate surface area is 115 Å². The van der Waals surface area contributed by atoms with Crippen LogP contribution in [0.25, 0.3) is 0 Å². The Morgan fingerprint density at radius 1 is 1.11 bits per heavy atom. The summed E-state index contributed by atoms with van der Waals surface area (Å²) in [5, 5.41) is 9.56. The van der Waals surface area contributed by atoms with Gasteiger partial charge in [-0.05, 0) is 5.41 Å². The largest absolute Gasteiger partial charge is 0.508 e.